The Labute approximate surface area is 155 Å². The van der Waals surface area contributed by atoms with Crippen LogP contribution >= 0.6 is 0 Å². The monoisotopic (exact) mass is 374 g/mol. The van der Waals surface area contributed by atoms with Crippen molar-refractivity contribution in [3.63, 3.8) is 0 Å². The molecule has 7 nitrogen and oxygen atoms in total. The first-order chi connectivity index (χ1) is 12.8. The van der Waals surface area contributed by atoms with Gasteiger partial charge in [-0.3, -0.25) is 14.9 Å². The van der Waals surface area contributed by atoms with Gasteiger partial charge in [-0.05, 0) is 36.6 Å². The molecule has 0 radical (unpaired) electrons. The molecule has 8 heteroatoms. The average molecular weight is 374 g/mol. The quantitative estimate of drug-likeness (QED) is 0.563. The van der Waals surface area contributed by atoms with Gasteiger partial charge in [-0.25, -0.2) is 9.18 Å². The molecule has 0 unspecified atom stereocenters. The molecule has 0 spiro atoms. The Balaban J connectivity index is 2.27. The molecule has 0 atom stereocenters. The van der Waals surface area contributed by atoms with Gasteiger partial charge in [0.25, 0.3) is 11.6 Å². The highest BCUT2D eigenvalue weighted by Gasteiger charge is 2.21. The smallest absolute Gasteiger partial charge is 0.335 e. The van der Waals surface area contributed by atoms with Gasteiger partial charge >= 0.3 is 5.97 Å². The number of carbonyl (C=O) groups excluding carboxylic acids is 1. The summed E-state index contributed by atoms with van der Waals surface area (Å²) < 4.78 is 13.3. The van der Waals surface area contributed by atoms with Crippen molar-refractivity contribution < 1.29 is 24.0 Å². The fourth-order valence-corrected chi connectivity index (χ4v) is 2.69. The number of nitro benzene ring substituents is 1. The van der Waals surface area contributed by atoms with Gasteiger partial charge in [0.2, 0.25) is 0 Å². The van der Waals surface area contributed by atoms with E-state index >= 15 is 0 Å². The molecule has 0 bridgehead atoms. The Kier molecular flexibility index (Phi) is 6.59. The minimum absolute atomic E-state index is 0.0608. The van der Waals surface area contributed by atoms with Crippen LogP contribution in [0.15, 0.2) is 42.5 Å². The number of hydrogen-bond acceptors (Lipinski definition) is 4. The summed E-state index contributed by atoms with van der Waals surface area (Å²) in [5.41, 5.74) is -0.127. The molecule has 0 aromatic heterocycles. The minimum atomic E-state index is -1.35. The van der Waals surface area contributed by atoms with Gasteiger partial charge in [0, 0.05) is 30.8 Å². The largest absolute Gasteiger partial charge is 0.478 e. The molecular formula is C19H19FN2O5. The molecule has 0 saturated carbocycles. The van der Waals surface area contributed by atoms with Crippen molar-refractivity contribution in [2.45, 2.75) is 19.8 Å². The molecule has 2 aromatic rings. The van der Waals surface area contributed by atoms with Crippen molar-refractivity contribution in [1.29, 1.82) is 0 Å². The number of rotatable bonds is 8. The number of carbonyl (C=O) groups is 2. The number of amides is 1. The SMILES string of the molecule is CCCN(CCc1cccc(F)c1)C(=O)c1cc(C(=O)O)cc([N+](=O)[O-])c1. The summed E-state index contributed by atoms with van der Waals surface area (Å²) >= 11 is 0. The van der Waals surface area contributed by atoms with E-state index in [0.29, 0.717) is 24.9 Å². The molecule has 1 amide bonds. The second-order valence-corrected chi connectivity index (χ2v) is 6.00. The summed E-state index contributed by atoms with van der Waals surface area (Å²) in [5.74, 6) is -2.22. The van der Waals surface area contributed by atoms with Gasteiger partial charge in [-0.15, -0.1) is 0 Å². The van der Waals surface area contributed by atoms with Gasteiger partial charge in [-0.1, -0.05) is 19.1 Å². The number of benzene rings is 2. The molecule has 0 heterocycles. The van der Waals surface area contributed by atoms with Crippen LogP contribution in [0.1, 0.15) is 39.6 Å². The summed E-state index contributed by atoms with van der Waals surface area (Å²) in [6.07, 6.45) is 1.06. The first-order valence-electron chi connectivity index (χ1n) is 8.38. The second-order valence-electron chi connectivity index (χ2n) is 6.00. The van der Waals surface area contributed by atoms with Crippen molar-refractivity contribution in [2.75, 3.05) is 13.1 Å². The average Bonchev–Trinajstić information content (AvgIpc) is 2.64. The Morgan fingerprint density at radius 2 is 1.85 bits per heavy atom. The second kappa shape index (κ2) is 8.88. The summed E-state index contributed by atoms with van der Waals surface area (Å²) in [5, 5.41) is 20.2. The van der Waals surface area contributed by atoms with Crippen LogP contribution in [0.5, 0.6) is 0 Å². The number of aromatic carboxylic acids is 1. The van der Waals surface area contributed by atoms with Gasteiger partial charge in [0.1, 0.15) is 5.82 Å². The van der Waals surface area contributed by atoms with E-state index < -0.39 is 22.5 Å². The third kappa shape index (κ3) is 5.34. The summed E-state index contributed by atoms with van der Waals surface area (Å²) in [6.45, 7) is 2.54. The van der Waals surface area contributed by atoms with Gasteiger partial charge in [0.15, 0.2) is 0 Å². The number of hydrogen-bond donors (Lipinski definition) is 1. The van der Waals surface area contributed by atoms with Crippen LogP contribution in [0.2, 0.25) is 0 Å². The van der Waals surface area contributed by atoms with Crippen molar-refractivity contribution in [3.8, 4) is 0 Å². The van der Waals surface area contributed by atoms with Crippen LogP contribution in [0.3, 0.4) is 0 Å². The van der Waals surface area contributed by atoms with Crippen LogP contribution in [0.4, 0.5) is 10.1 Å². The van der Waals surface area contributed by atoms with Gasteiger partial charge in [-0.2, -0.15) is 0 Å². The third-order valence-electron chi connectivity index (χ3n) is 3.96. The van der Waals surface area contributed by atoms with E-state index in [1.54, 1.807) is 12.1 Å². The summed E-state index contributed by atoms with van der Waals surface area (Å²) in [6, 6.07) is 9.14. The van der Waals surface area contributed by atoms with Crippen LogP contribution in [-0.4, -0.2) is 39.9 Å². The molecule has 1 N–H and O–H groups in total. The molecule has 0 aliphatic heterocycles. The van der Waals surface area contributed by atoms with E-state index in [1.807, 2.05) is 6.92 Å². The van der Waals surface area contributed by atoms with Crippen molar-refractivity contribution >= 4 is 17.6 Å². The highest BCUT2D eigenvalue weighted by atomic mass is 19.1. The van der Waals surface area contributed by atoms with Crippen molar-refractivity contribution in [1.82, 2.24) is 4.90 Å². The van der Waals surface area contributed by atoms with E-state index in [-0.39, 0.29) is 23.5 Å². The molecular weight excluding hydrogens is 355 g/mol. The Bertz CT molecular complexity index is 837. The molecule has 2 aromatic carbocycles. The number of nitro groups is 1. The number of halogens is 1. The zero-order valence-corrected chi connectivity index (χ0v) is 14.7. The molecule has 142 valence electrons. The lowest BCUT2D eigenvalue weighted by Gasteiger charge is -2.22. The zero-order valence-electron chi connectivity index (χ0n) is 14.7. The number of non-ortho nitro benzene ring substituents is 1. The van der Waals surface area contributed by atoms with Gasteiger partial charge in [0.05, 0.1) is 10.5 Å². The maximum absolute atomic E-state index is 13.3. The first kappa shape index (κ1) is 20.0. The Morgan fingerprint density at radius 3 is 2.44 bits per heavy atom. The summed E-state index contributed by atoms with van der Waals surface area (Å²) in [4.78, 5) is 35.8. The molecule has 2 rings (SSSR count). The van der Waals surface area contributed by atoms with Crippen molar-refractivity contribution in [2.24, 2.45) is 0 Å². The lowest BCUT2D eigenvalue weighted by molar-refractivity contribution is -0.384. The Hall–Kier alpha value is -3.29. The van der Waals surface area contributed by atoms with E-state index in [9.17, 15) is 24.1 Å². The minimum Gasteiger partial charge on any atom is -0.478 e. The van der Waals surface area contributed by atoms with Gasteiger partial charge < -0.3 is 10.0 Å². The molecule has 0 fully saturated rings. The molecule has 0 saturated heterocycles. The highest BCUT2D eigenvalue weighted by Crippen LogP contribution is 2.19. The molecule has 0 aliphatic rings. The number of nitrogens with zero attached hydrogens (tertiary/aromatic N) is 2. The predicted octanol–water partition coefficient (Wildman–Crippen LogP) is 3.53. The van der Waals surface area contributed by atoms with Crippen LogP contribution < -0.4 is 0 Å². The lowest BCUT2D eigenvalue weighted by Crippen LogP contribution is -2.33. The van der Waals surface area contributed by atoms with E-state index in [4.69, 9.17) is 5.11 Å². The predicted molar refractivity (Wildman–Crippen MR) is 96.4 cm³/mol. The normalized spacial score (nSPS) is 10.4. The first-order valence-corrected chi connectivity index (χ1v) is 8.38. The standard InChI is InChI=1S/C19H19FN2O5/c1-2-7-21(8-6-13-4-3-5-16(20)9-13)18(23)14-10-15(19(24)25)12-17(11-14)22(26)27/h3-5,9-12H,2,6-8H2,1H3,(H,24,25). The Morgan fingerprint density at radius 1 is 1.15 bits per heavy atom. The van der Waals surface area contributed by atoms with Crippen LogP contribution in [0, 0.1) is 15.9 Å². The lowest BCUT2D eigenvalue weighted by atomic mass is 10.1. The van der Waals surface area contributed by atoms with E-state index in [1.165, 1.54) is 17.0 Å². The van der Waals surface area contributed by atoms with E-state index in [0.717, 1.165) is 18.2 Å². The number of carboxylic acid groups (broad SMARTS) is 1. The topological polar surface area (TPSA) is 101 Å². The highest BCUT2D eigenvalue weighted by molar-refractivity contribution is 5.98. The fourth-order valence-electron chi connectivity index (χ4n) is 2.69. The molecule has 27 heavy (non-hydrogen) atoms. The van der Waals surface area contributed by atoms with E-state index in [2.05, 4.69) is 0 Å². The molecule has 0 aliphatic carbocycles. The van der Waals surface area contributed by atoms with Crippen LogP contribution in [0.25, 0.3) is 0 Å². The van der Waals surface area contributed by atoms with Crippen molar-refractivity contribution in [3.05, 3.63) is 75.1 Å². The van der Waals surface area contributed by atoms with Crippen LogP contribution in [-0.2, 0) is 6.42 Å². The zero-order chi connectivity index (χ0) is 20.0. The number of carboxylic acids is 1. The maximum atomic E-state index is 13.3. The fraction of sp³-hybridized carbons (Fsp3) is 0.263. The maximum Gasteiger partial charge on any atom is 0.335 e. The third-order valence-corrected chi connectivity index (χ3v) is 3.96. The summed E-state index contributed by atoms with van der Waals surface area (Å²) in [7, 11) is 0.